The number of anilines is 1. The number of nitrogens with two attached hydrogens (primary N) is 1. The van der Waals surface area contributed by atoms with E-state index in [4.69, 9.17) is 10.5 Å². The van der Waals surface area contributed by atoms with Crippen LogP contribution >= 0.6 is 0 Å². The van der Waals surface area contributed by atoms with Gasteiger partial charge in [-0.05, 0) is 49.3 Å². The van der Waals surface area contributed by atoms with Gasteiger partial charge in [-0.1, -0.05) is 12.5 Å². The highest BCUT2D eigenvalue weighted by atomic mass is 16.5. The van der Waals surface area contributed by atoms with Gasteiger partial charge < -0.3 is 10.5 Å². The Morgan fingerprint density at radius 3 is 2.78 bits per heavy atom. The molecule has 1 aromatic carbocycles. The van der Waals surface area contributed by atoms with Gasteiger partial charge in [0.25, 0.3) is 0 Å². The lowest BCUT2D eigenvalue weighted by atomic mass is 9.98. The quantitative estimate of drug-likeness (QED) is 0.876. The van der Waals surface area contributed by atoms with Gasteiger partial charge in [0.2, 0.25) is 0 Å². The second-order valence-electron chi connectivity index (χ2n) is 4.96. The fraction of sp³-hybridized carbons (Fsp3) is 0.400. The topological polar surface area (TPSA) is 48.1 Å². The van der Waals surface area contributed by atoms with Crippen molar-refractivity contribution in [2.24, 2.45) is 0 Å². The Bertz CT molecular complexity index is 547. The summed E-state index contributed by atoms with van der Waals surface area (Å²) in [6, 6.07) is 8.05. The number of hydrogen-bond acceptors (Lipinski definition) is 3. The fourth-order valence-electron chi connectivity index (χ4n) is 2.62. The molecule has 3 heteroatoms. The molecule has 1 aliphatic carbocycles. The molecule has 1 saturated carbocycles. The first kappa shape index (κ1) is 11.3. The van der Waals surface area contributed by atoms with Crippen LogP contribution in [0.4, 0.5) is 5.82 Å². The van der Waals surface area contributed by atoms with Gasteiger partial charge >= 0.3 is 0 Å². The smallest absolute Gasteiger partial charge is 0.131 e. The molecule has 94 valence electrons. The van der Waals surface area contributed by atoms with Crippen LogP contribution in [-0.2, 0) is 0 Å². The maximum atomic E-state index is 6.04. The molecule has 0 atom stereocenters. The highest BCUT2D eigenvalue weighted by Crippen LogP contribution is 2.27. The highest BCUT2D eigenvalue weighted by Gasteiger charge is 2.15. The Balaban J connectivity index is 1.86. The summed E-state index contributed by atoms with van der Waals surface area (Å²) in [5.74, 6) is 1.48. The number of nitrogens with zero attached hydrogens (tertiary/aromatic N) is 1. The van der Waals surface area contributed by atoms with Crippen LogP contribution in [-0.4, -0.2) is 11.1 Å². The summed E-state index contributed by atoms with van der Waals surface area (Å²) in [4.78, 5) is 4.12. The number of nitrogen functional groups attached to an aromatic ring is 1. The van der Waals surface area contributed by atoms with Crippen molar-refractivity contribution in [1.82, 2.24) is 4.98 Å². The summed E-state index contributed by atoms with van der Waals surface area (Å²) >= 11 is 0. The molecule has 1 heterocycles. The summed E-state index contributed by atoms with van der Waals surface area (Å²) in [5, 5.41) is 2.09. The molecule has 0 amide bonds. The van der Waals surface area contributed by atoms with E-state index >= 15 is 0 Å². The number of benzene rings is 1. The van der Waals surface area contributed by atoms with E-state index in [0.717, 1.165) is 16.5 Å². The molecule has 0 saturated heterocycles. The van der Waals surface area contributed by atoms with E-state index in [2.05, 4.69) is 4.98 Å². The van der Waals surface area contributed by atoms with Crippen LogP contribution in [0, 0.1) is 0 Å². The van der Waals surface area contributed by atoms with Crippen LogP contribution in [0.5, 0.6) is 5.75 Å². The summed E-state index contributed by atoms with van der Waals surface area (Å²) in [6.45, 7) is 0. The molecule has 2 aromatic rings. The molecule has 3 nitrogen and oxygen atoms in total. The maximum Gasteiger partial charge on any atom is 0.131 e. The molecular weight excluding hydrogens is 224 g/mol. The molecule has 18 heavy (non-hydrogen) atoms. The van der Waals surface area contributed by atoms with Crippen LogP contribution < -0.4 is 10.5 Å². The predicted octanol–water partition coefficient (Wildman–Crippen LogP) is 3.53. The minimum absolute atomic E-state index is 0.370. The van der Waals surface area contributed by atoms with E-state index in [1.54, 1.807) is 6.20 Å². The lowest BCUT2D eigenvalue weighted by Gasteiger charge is -2.23. The van der Waals surface area contributed by atoms with Crippen molar-refractivity contribution in [3.8, 4) is 5.75 Å². The number of ether oxygens (including phenoxy) is 1. The van der Waals surface area contributed by atoms with E-state index in [-0.39, 0.29) is 0 Å². The molecular formula is C15H18N2O. The maximum absolute atomic E-state index is 6.04. The van der Waals surface area contributed by atoms with E-state index in [1.807, 2.05) is 24.3 Å². The van der Waals surface area contributed by atoms with Gasteiger partial charge in [-0.2, -0.15) is 0 Å². The van der Waals surface area contributed by atoms with Crippen molar-refractivity contribution < 1.29 is 4.74 Å². The SMILES string of the molecule is Nc1nccc2ccc(OC3CCCCC3)cc12. The van der Waals surface area contributed by atoms with Gasteiger partial charge in [-0.25, -0.2) is 4.98 Å². The van der Waals surface area contributed by atoms with Crippen molar-refractivity contribution in [3.05, 3.63) is 30.5 Å². The van der Waals surface area contributed by atoms with E-state index in [9.17, 15) is 0 Å². The molecule has 0 radical (unpaired) electrons. The Kier molecular flexibility index (Phi) is 3.05. The van der Waals surface area contributed by atoms with Crippen molar-refractivity contribution in [2.45, 2.75) is 38.2 Å². The van der Waals surface area contributed by atoms with Gasteiger partial charge in [0.05, 0.1) is 6.10 Å². The van der Waals surface area contributed by atoms with Crippen LogP contribution in [0.1, 0.15) is 32.1 Å². The zero-order chi connectivity index (χ0) is 12.4. The Morgan fingerprint density at radius 1 is 1.11 bits per heavy atom. The Hall–Kier alpha value is -1.77. The first-order valence-electron chi connectivity index (χ1n) is 6.64. The normalized spacial score (nSPS) is 16.9. The van der Waals surface area contributed by atoms with Crippen molar-refractivity contribution >= 4 is 16.6 Å². The number of aromatic nitrogens is 1. The van der Waals surface area contributed by atoms with Gasteiger partial charge in [-0.3, -0.25) is 0 Å². The molecule has 1 fully saturated rings. The first-order chi connectivity index (χ1) is 8.83. The molecule has 1 aromatic heterocycles. The van der Waals surface area contributed by atoms with Crippen LogP contribution in [0.25, 0.3) is 10.8 Å². The lowest BCUT2D eigenvalue weighted by molar-refractivity contribution is 0.155. The zero-order valence-corrected chi connectivity index (χ0v) is 10.4. The van der Waals surface area contributed by atoms with Crippen LogP contribution in [0.2, 0.25) is 0 Å². The number of pyridine rings is 1. The number of hydrogen-bond donors (Lipinski definition) is 1. The molecule has 0 bridgehead atoms. The fourth-order valence-corrected chi connectivity index (χ4v) is 2.62. The summed E-state index contributed by atoms with van der Waals surface area (Å²) in [5.41, 5.74) is 5.89. The largest absolute Gasteiger partial charge is 0.490 e. The second kappa shape index (κ2) is 4.84. The number of rotatable bonds is 2. The van der Waals surface area contributed by atoms with Crippen LogP contribution in [0.15, 0.2) is 30.5 Å². The molecule has 0 unspecified atom stereocenters. The summed E-state index contributed by atoms with van der Waals surface area (Å²) < 4.78 is 6.04. The summed E-state index contributed by atoms with van der Waals surface area (Å²) in [6.07, 6.45) is 8.34. The standard InChI is InChI=1S/C15H18N2O/c16-15-14-10-13(7-6-11(14)8-9-17-15)18-12-4-2-1-3-5-12/h6-10,12H,1-5H2,(H2,16,17). The average Bonchev–Trinajstić information content (AvgIpc) is 2.41. The van der Waals surface area contributed by atoms with Gasteiger partial charge in [-0.15, -0.1) is 0 Å². The lowest BCUT2D eigenvalue weighted by Crippen LogP contribution is -2.19. The van der Waals surface area contributed by atoms with E-state index < -0.39 is 0 Å². The molecule has 0 spiro atoms. The molecule has 2 N–H and O–H groups in total. The second-order valence-corrected chi connectivity index (χ2v) is 4.96. The Labute approximate surface area is 107 Å². The third kappa shape index (κ3) is 2.26. The predicted molar refractivity (Wildman–Crippen MR) is 73.7 cm³/mol. The van der Waals surface area contributed by atoms with Gasteiger partial charge in [0.1, 0.15) is 11.6 Å². The molecule has 0 aliphatic heterocycles. The molecule has 3 rings (SSSR count). The summed E-state index contributed by atoms with van der Waals surface area (Å²) in [7, 11) is 0. The van der Waals surface area contributed by atoms with E-state index in [0.29, 0.717) is 11.9 Å². The third-order valence-corrected chi connectivity index (χ3v) is 3.62. The van der Waals surface area contributed by atoms with Crippen molar-refractivity contribution in [3.63, 3.8) is 0 Å². The average molecular weight is 242 g/mol. The van der Waals surface area contributed by atoms with Gasteiger partial charge in [0.15, 0.2) is 0 Å². The Morgan fingerprint density at radius 2 is 1.94 bits per heavy atom. The minimum Gasteiger partial charge on any atom is -0.490 e. The van der Waals surface area contributed by atoms with Crippen molar-refractivity contribution in [1.29, 1.82) is 0 Å². The molecule has 1 aliphatic rings. The monoisotopic (exact) mass is 242 g/mol. The van der Waals surface area contributed by atoms with Gasteiger partial charge in [0, 0.05) is 11.6 Å². The van der Waals surface area contributed by atoms with Crippen molar-refractivity contribution in [2.75, 3.05) is 5.73 Å². The zero-order valence-electron chi connectivity index (χ0n) is 10.4. The van der Waals surface area contributed by atoms with Crippen LogP contribution in [0.3, 0.4) is 0 Å². The van der Waals surface area contributed by atoms with E-state index in [1.165, 1.54) is 32.1 Å². The number of fused-ring (bicyclic) bond motifs is 1. The third-order valence-electron chi connectivity index (χ3n) is 3.62. The minimum atomic E-state index is 0.370. The first-order valence-corrected chi connectivity index (χ1v) is 6.64. The highest BCUT2D eigenvalue weighted by molar-refractivity contribution is 5.91.